The number of piperazine rings is 1. The molecule has 1 N–H and O–H groups in total. The van der Waals surface area contributed by atoms with Crippen molar-refractivity contribution in [1.82, 2.24) is 10.2 Å². The summed E-state index contributed by atoms with van der Waals surface area (Å²) in [5.74, 6) is 0. The average Bonchev–Trinajstić information content (AvgIpc) is 3.21. The lowest BCUT2D eigenvalue weighted by Gasteiger charge is -2.40. The first kappa shape index (κ1) is 14.2. The maximum atomic E-state index is 6.19. The molecule has 110 valence electrons. The van der Waals surface area contributed by atoms with E-state index in [9.17, 15) is 0 Å². The molecule has 0 amide bonds. The Morgan fingerprint density at radius 2 is 2.10 bits per heavy atom. The highest BCUT2D eigenvalue weighted by Gasteiger charge is 2.25. The molecule has 4 heteroatoms. The van der Waals surface area contributed by atoms with Crippen molar-refractivity contribution in [1.29, 1.82) is 0 Å². The van der Waals surface area contributed by atoms with Gasteiger partial charge in [-0.1, -0.05) is 11.6 Å². The Morgan fingerprint density at radius 1 is 1.30 bits per heavy atom. The topological polar surface area (TPSA) is 18.5 Å². The van der Waals surface area contributed by atoms with E-state index in [4.69, 9.17) is 11.6 Å². The van der Waals surface area contributed by atoms with Crippen LogP contribution < -0.4 is 10.2 Å². The van der Waals surface area contributed by atoms with Crippen LogP contribution in [0, 0.1) is 0 Å². The minimum atomic E-state index is 0.551. The van der Waals surface area contributed by atoms with Gasteiger partial charge in [0, 0.05) is 49.0 Å². The van der Waals surface area contributed by atoms with Gasteiger partial charge in [0.1, 0.15) is 0 Å². The lowest BCUT2D eigenvalue weighted by molar-refractivity contribution is 0.275. The third kappa shape index (κ3) is 3.27. The quantitative estimate of drug-likeness (QED) is 0.921. The molecule has 1 aliphatic heterocycles. The Balaban J connectivity index is 1.79. The van der Waals surface area contributed by atoms with Crippen molar-refractivity contribution in [3.63, 3.8) is 0 Å². The van der Waals surface area contributed by atoms with E-state index in [-0.39, 0.29) is 0 Å². The fraction of sp³-hybridized carbons (Fsp3) is 0.625. The third-order valence-corrected chi connectivity index (χ3v) is 4.58. The van der Waals surface area contributed by atoms with Crippen LogP contribution in [0.4, 0.5) is 5.69 Å². The second kappa shape index (κ2) is 5.92. The van der Waals surface area contributed by atoms with Gasteiger partial charge in [0.2, 0.25) is 0 Å². The van der Waals surface area contributed by atoms with Crippen LogP contribution >= 0.6 is 11.6 Å². The van der Waals surface area contributed by atoms with Crippen molar-refractivity contribution in [3.8, 4) is 0 Å². The van der Waals surface area contributed by atoms with Gasteiger partial charge in [-0.05, 0) is 50.6 Å². The summed E-state index contributed by atoms with van der Waals surface area (Å²) in [5, 5.41) is 4.44. The molecule has 1 saturated carbocycles. The van der Waals surface area contributed by atoms with Crippen molar-refractivity contribution in [2.45, 2.75) is 38.4 Å². The van der Waals surface area contributed by atoms with E-state index in [1.54, 1.807) is 0 Å². The molecule has 20 heavy (non-hydrogen) atoms. The van der Waals surface area contributed by atoms with Gasteiger partial charge in [0.15, 0.2) is 0 Å². The highest BCUT2D eigenvalue weighted by molar-refractivity contribution is 6.30. The minimum Gasteiger partial charge on any atom is -0.366 e. The highest BCUT2D eigenvalue weighted by atomic mass is 35.5. The van der Waals surface area contributed by atoms with E-state index >= 15 is 0 Å². The molecule has 1 aliphatic carbocycles. The van der Waals surface area contributed by atoms with Gasteiger partial charge >= 0.3 is 0 Å². The van der Waals surface area contributed by atoms with Gasteiger partial charge in [-0.2, -0.15) is 0 Å². The molecule has 2 aliphatic rings. The zero-order valence-electron chi connectivity index (χ0n) is 12.4. The maximum absolute atomic E-state index is 6.19. The van der Waals surface area contributed by atoms with Gasteiger partial charge in [-0.25, -0.2) is 0 Å². The van der Waals surface area contributed by atoms with Crippen LogP contribution in [-0.4, -0.2) is 43.7 Å². The van der Waals surface area contributed by atoms with Crippen LogP contribution in [0.25, 0.3) is 0 Å². The largest absolute Gasteiger partial charge is 0.366 e. The molecular weight excluding hydrogens is 270 g/mol. The van der Waals surface area contributed by atoms with Gasteiger partial charge in [-0.3, -0.25) is 0 Å². The standard InChI is InChI=1S/C16H24ClN3/c1-12-11-19(2)7-8-20(12)16-6-3-14(17)9-13(16)10-18-15-4-5-15/h3,6,9,12,15,18H,4-5,7-8,10-11H2,1-2H3. The van der Waals surface area contributed by atoms with E-state index in [1.165, 1.54) is 24.1 Å². The maximum Gasteiger partial charge on any atom is 0.0416 e. The molecule has 3 rings (SSSR count). The second-order valence-electron chi connectivity index (χ2n) is 6.23. The second-order valence-corrected chi connectivity index (χ2v) is 6.67. The molecular formula is C16H24ClN3. The van der Waals surface area contributed by atoms with Crippen molar-refractivity contribution in [2.24, 2.45) is 0 Å². The lowest BCUT2D eigenvalue weighted by Crippen LogP contribution is -2.50. The number of rotatable bonds is 4. The predicted molar refractivity (Wildman–Crippen MR) is 85.6 cm³/mol. The number of halogens is 1. The number of likely N-dealkylation sites (N-methyl/N-ethyl adjacent to an activating group) is 1. The molecule has 0 bridgehead atoms. The summed E-state index contributed by atoms with van der Waals surface area (Å²) in [6.07, 6.45) is 2.64. The van der Waals surface area contributed by atoms with Crippen LogP contribution in [-0.2, 0) is 6.54 Å². The summed E-state index contributed by atoms with van der Waals surface area (Å²) in [7, 11) is 2.20. The number of hydrogen-bond acceptors (Lipinski definition) is 3. The monoisotopic (exact) mass is 293 g/mol. The summed E-state index contributed by atoms with van der Waals surface area (Å²) in [6, 6.07) is 7.61. The smallest absolute Gasteiger partial charge is 0.0416 e. The summed E-state index contributed by atoms with van der Waals surface area (Å²) >= 11 is 6.19. The van der Waals surface area contributed by atoms with Crippen molar-refractivity contribution in [2.75, 3.05) is 31.6 Å². The number of hydrogen-bond donors (Lipinski definition) is 1. The number of anilines is 1. The lowest BCUT2D eigenvalue weighted by atomic mass is 10.1. The zero-order chi connectivity index (χ0) is 14.1. The van der Waals surface area contributed by atoms with Crippen LogP contribution in [0.15, 0.2) is 18.2 Å². The minimum absolute atomic E-state index is 0.551. The molecule has 0 aromatic heterocycles. The number of benzene rings is 1. The number of nitrogens with zero attached hydrogens (tertiary/aromatic N) is 2. The first-order valence-corrected chi connectivity index (χ1v) is 7.98. The molecule has 1 aromatic carbocycles. The normalized spacial score (nSPS) is 24.1. The Morgan fingerprint density at radius 3 is 2.80 bits per heavy atom. The van der Waals surface area contributed by atoms with Crippen molar-refractivity contribution in [3.05, 3.63) is 28.8 Å². The average molecular weight is 294 g/mol. The Labute approximate surface area is 126 Å². The Hall–Kier alpha value is -0.770. The summed E-state index contributed by atoms with van der Waals surface area (Å²) in [6.45, 7) is 6.58. The molecule has 2 fully saturated rings. The van der Waals surface area contributed by atoms with E-state index in [1.807, 2.05) is 6.07 Å². The van der Waals surface area contributed by atoms with Gasteiger partial charge in [0.05, 0.1) is 0 Å². The summed E-state index contributed by atoms with van der Waals surface area (Å²) in [5.41, 5.74) is 2.68. The van der Waals surface area contributed by atoms with Crippen molar-refractivity contribution < 1.29 is 0 Å². The first-order valence-electron chi connectivity index (χ1n) is 7.60. The van der Waals surface area contributed by atoms with Crippen LogP contribution in [0.1, 0.15) is 25.3 Å². The Bertz CT molecular complexity index is 473. The predicted octanol–water partition coefficient (Wildman–Crippen LogP) is 2.73. The highest BCUT2D eigenvalue weighted by Crippen LogP contribution is 2.28. The molecule has 1 saturated heterocycles. The Kier molecular flexibility index (Phi) is 4.20. The van der Waals surface area contributed by atoms with Crippen LogP contribution in [0.2, 0.25) is 5.02 Å². The molecule has 1 unspecified atom stereocenters. The van der Waals surface area contributed by atoms with Gasteiger partial charge in [-0.15, -0.1) is 0 Å². The third-order valence-electron chi connectivity index (χ3n) is 4.34. The fourth-order valence-electron chi connectivity index (χ4n) is 3.02. The van der Waals surface area contributed by atoms with E-state index in [0.717, 1.165) is 37.2 Å². The molecule has 1 aromatic rings. The molecule has 0 radical (unpaired) electrons. The van der Waals surface area contributed by atoms with E-state index in [2.05, 4.69) is 41.2 Å². The van der Waals surface area contributed by atoms with Crippen molar-refractivity contribution >= 4 is 17.3 Å². The molecule has 1 heterocycles. The molecule has 0 spiro atoms. The summed E-state index contributed by atoms with van der Waals surface area (Å²) in [4.78, 5) is 4.93. The van der Waals surface area contributed by atoms with Gasteiger partial charge < -0.3 is 15.1 Å². The van der Waals surface area contributed by atoms with Crippen LogP contribution in [0.5, 0.6) is 0 Å². The van der Waals surface area contributed by atoms with E-state index in [0.29, 0.717) is 6.04 Å². The van der Waals surface area contributed by atoms with E-state index < -0.39 is 0 Å². The zero-order valence-corrected chi connectivity index (χ0v) is 13.2. The summed E-state index contributed by atoms with van der Waals surface area (Å²) < 4.78 is 0. The fourth-order valence-corrected chi connectivity index (χ4v) is 3.21. The SMILES string of the molecule is CC1CN(C)CCN1c1ccc(Cl)cc1CNC1CC1. The number of nitrogens with one attached hydrogen (secondary N) is 1. The van der Waals surface area contributed by atoms with Crippen LogP contribution in [0.3, 0.4) is 0 Å². The first-order chi connectivity index (χ1) is 9.63. The molecule has 1 atom stereocenters. The van der Waals surface area contributed by atoms with Gasteiger partial charge in [0.25, 0.3) is 0 Å². The molecule has 3 nitrogen and oxygen atoms in total.